The van der Waals surface area contributed by atoms with Gasteiger partial charge in [0.15, 0.2) is 0 Å². The monoisotopic (exact) mass is 262 g/mol. The SMILES string of the molecule is CC1CCC(OC(=O)Nc2cccc(N)c2)CC1C. The first-order valence-corrected chi connectivity index (χ1v) is 6.88. The van der Waals surface area contributed by atoms with E-state index in [1.807, 2.05) is 0 Å². The number of nitrogen functional groups attached to an aromatic ring is 1. The second kappa shape index (κ2) is 5.95. The van der Waals surface area contributed by atoms with Crippen LogP contribution in [0.2, 0.25) is 0 Å². The minimum Gasteiger partial charge on any atom is -0.446 e. The lowest BCUT2D eigenvalue weighted by atomic mass is 9.80. The summed E-state index contributed by atoms with van der Waals surface area (Å²) in [5, 5.41) is 2.71. The van der Waals surface area contributed by atoms with Crippen LogP contribution in [0.25, 0.3) is 0 Å². The number of rotatable bonds is 2. The second-order valence-electron chi connectivity index (χ2n) is 5.55. The van der Waals surface area contributed by atoms with Crippen molar-refractivity contribution < 1.29 is 9.53 Å². The fourth-order valence-corrected chi connectivity index (χ4v) is 2.52. The fourth-order valence-electron chi connectivity index (χ4n) is 2.52. The Morgan fingerprint density at radius 2 is 2.11 bits per heavy atom. The topological polar surface area (TPSA) is 64.3 Å². The highest BCUT2D eigenvalue weighted by Gasteiger charge is 2.26. The van der Waals surface area contributed by atoms with Crippen LogP contribution in [0.15, 0.2) is 24.3 Å². The molecule has 3 unspecified atom stereocenters. The summed E-state index contributed by atoms with van der Waals surface area (Å²) in [6.07, 6.45) is 2.67. The Kier molecular flexibility index (Phi) is 4.30. The number of carbonyl (C=O) groups excluding carboxylic acids is 1. The lowest BCUT2D eigenvalue weighted by molar-refractivity contribution is 0.0560. The average molecular weight is 262 g/mol. The van der Waals surface area contributed by atoms with E-state index < -0.39 is 6.09 Å². The minimum absolute atomic E-state index is 0.0345. The Morgan fingerprint density at radius 3 is 2.79 bits per heavy atom. The molecule has 1 aromatic carbocycles. The van der Waals surface area contributed by atoms with Crippen molar-refractivity contribution in [2.45, 2.75) is 39.2 Å². The summed E-state index contributed by atoms with van der Waals surface area (Å²) in [5.41, 5.74) is 6.95. The summed E-state index contributed by atoms with van der Waals surface area (Å²) < 4.78 is 5.46. The third-order valence-electron chi connectivity index (χ3n) is 3.96. The first-order chi connectivity index (χ1) is 9.04. The van der Waals surface area contributed by atoms with Gasteiger partial charge in [0.2, 0.25) is 0 Å². The van der Waals surface area contributed by atoms with Crippen LogP contribution in [0.4, 0.5) is 16.2 Å². The van der Waals surface area contributed by atoms with Crippen LogP contribution in [0.3, 0.4) is 0 Å². The van der Waals surface area contributed by atoms with E-state index >= 15 is 0 Å². The van der Waals surface area contributed by atoms with Crippen molar-refractivity contribution in [3.8, 4) is 0 Å². The van der Waals surface area contributed by atoms with E-state index in [4.69, 9.17) is 10.5 Å². The van der Waals surface area contributed by atoms with Gasteiger partial charge in [-0.15, -0.1) is 0 Å². The molecule has 1 aliphatic rings. The minimum atomic E-state index is -0.391. The summed E-state index contributed by atoms with van der Waals surface area (Å²) in [7, 11) is 0. The van der Waals surface area contributed by atoms with Crippen LogP contribution < -0.4 is 11.1 Å². The van der Waals surface area contributed by atoms with Crippen LogP contribution >= 0.6 is 0 Å². The zero-order valence-electron chi connectivity index (χ0n) is 11.6. The molecule has 1 fully saturated rings. The summed E-state index contributed by atoms with van der Waals surface area (Å²) in [6, 6.07) is 7.09. The van der Waals surface area contributed by atoms with Crippen LogP contribution in [-0.2, 0) is 4.74 Å². The number of benzene rings is 1. The van der Waals surface area contributed by atoms with E-state index in [-0.39, 0.29) is 6.10 Å². The van der Waals surface area contributed by atoms with Gasteiger partial charge in [-0.25, -0.2) is 4.79 Å². The van der Waals surface area contributed by atoms with Crippen molar-refractivity contribution in [2.24, 2.45) is 11.8 Å². The van der Waals surface area contributed by atoms with E-state index in [1.54, 1.807) is 24.3 Å². The van der Waals surface area contributed by atoms with Gasteiger partial charge in [0, 0.05) is 11.4 Å². The standard InChI is InChI=1S/C15H22N2O2/c1-10-6-7-14(8-11(10)2)19-15(18)17-13-5-3-4-12(16)9-13/h3-5,9-11,14H,6-8,16H2,1-2H3,(H,17,18). The van der Waals surface area contributed by atoms with Gasteiger partial charge in [-0.2, -0.15) is 0 Å². The average Bonchev–Trinajstić information content (AvgIpc) is 2.34. The van der Waals surface area contributed by atoms with Crippen molar-refractivity contribution in [3.05, 3.63) is 24.3 Å². The molecule has 1 aliphatic carbocycles. The number of anilines is 2. The molecule has 4 nitrogen and oxygen atoms in total. The Balaban J connectivity index is 1.85. The first kappa shape index (κ1) is 13.7. The van der Waals surface area contributed by atoms with Crippen molar-refractivity contribution in [2.75, 3.05) is 11.1 Å². The molecule has 2 rings (SSSR count). The number of amides is 1. The Morgan fingerprint density at radius 1 is 1.32 bits per heavy atom. The van der Waals surface area contributed by atoms with Crippen molar-refractivity contribution in [3.63, 3.8) is 0 Å². The third-order valence-corrected chi connectivity index (χ3v) is 3.96. The number of nitrogens with one attached hydrogen (secondary N) is 1. The maximum atomic E-state index is 11.8. The van der Waals surface area contributed by atoms with E-state index in [9.17, 15) is 4.79 Å². The van der Waals surface area contributed by atoms with Crippen molar-refractivity contribution in [1.29, 1.82) is 0 Å². The van der Waals surface area contributed by atoms with Gasteiger partial charge in [0.1, 0.15) is 6.10 Å². The predicted molar refractivity (Wildman–Crippen MR) is 76.9 cm³/mol. The molecule has 1 saturated carbocycles. The molecule has 0 aromatic heterocycles. The molecule has 104 valence electrons. The quantitative estimate of drug-likeness (QED) is 0.800. The van der Waals surface area contributed by atoms with E-state index in [1.165, 1.54) is 0 Å². The van der Waals surface area contributed by atoms with E-state index in [2.05, 4.69) is 19.2 Å². The lowest BCUT2D eigenvalue weighted by Crippen LogP contribution is -2.30. The normalized spacial score (nSPS) is 26.7. The number of ether oxygens (including phenoxy) is 1. The molecule has 4 heteroatoms. The zero-order chi connectivity index (χ0) is 13.8. The molecule has 19 heavy (non-hydrogen) atoms. The van der Waals surface area contributed by atoms with Gasteiger partial charge in [-0.3, -0.25) is 5.32 Å². The van der Waals surface area contributed by atoms with Crippen molar-refractivity contribution >= 4 is 17.5 Å². The maximum Gasteiger partial charge on any atom is 0.411 e. The molecular formula is C15H22N2O2. The number of nitrogens with two attached hydrogens (primary N) is 1. The Hall–Kier alpha value is -1.71. The summed E-state index contributed by atoms with van der Waals surface area (Å²) in [4.78, 5) is 11.8. The summed E-state index contributed by atoms with van der Waals surface area (Å²) >= 11 is 0. The molecule has 0 spiro atoms. The van der Waals surface area contributed by atoms with Gasteiger partial charge >= 0.3 is 6.09 Å². The number of carbonyl (C=O) groups is 1. The second-order valence-corrected chi connectivity index (χ2v) is 5.55. The van der Waals surface area contributed by atoms with Crippen LogP contribution in [0, 0.1) is 11.8 Å². The highest BCUT2D eigenvalue weighted by atomic mass is 16.6. The van der Waals surface area contributed by atoms with Crippen LogP contribution in [0.5, 0.6) is 0 Å². The third kappa shape index (κ3) is 3.88. The van der Waals surface area contributed by atoms with E-state index in [0.29, 0.717) is 17.3 Å². The first-order valence-electron chi connectivity index (χ1n) is 6.88. The predicted octanol–water partition coefficient (Wildman–Crippen LogP) is 3.64. The largest absolute Gasteiger partial charge is 0.446 e. The molecule has 0 saturated heterocycles. The molecule has 0 bridgehead atoms. The van der Waals surface area contributed by atoms with Gasteiger partial charge in [-0.05, 0) is 49.3 Å². The lowest BCUT2D eigenvalue weighted by Gasteiger charge is -2.31. The number of hydrogen-bond acceptors (Lipinski definition) is 3. The van der Waals surface area contributed by atoms with Gasteiger partial charge < -0.3 is 10.5 Å². The van der Waals surface area contributed by atoms with Gasteiger partial charge in [0.05, 0.1) is 0 Å². The van der Waals surface area contributed by atoms with Crippen LogP contribution in [-0.4, -0.2) is 12.2 Å². The molecule has 3 N–H and O–H groups in total. The van der Waals surface area contributed by atoms with Gasteiger partial charge in [-0.1, -0.05) is 19.9 Å². The number of hydrogen-bond donors (Lipinski definition) is 2. The zero-order valence-corrected chi connectivity index (χ0v) is 11.6. The smallest absolute Gasteiger partial charge is 0.411 e. The maximum absolute atomic E-state index is 11.8. The van der Waals surface area contributed by atoms with Gasteiger partial charge in [0.25, 0.3) is 0 Å². The fraction of sp³-hybridized carbons (Fsp3) is 0.533. The Labute approximate surface area is 114 Å². The van der Waals surface area contributed by atoms with Crippen molar-refractivity contribution in [1.82, 2.24) is 0 Å². The molecule has 0 radical (unpaired) electrons. The molecular weight excluding hydrogens is 240 g/mol. The molecule has 0 heterocycles. The molecule has 3 atom stereocenters. The Bertz CT molecular complexity index is 448. The van der Waals surface area contributed by atoms with E-state index in [0.717, 1.165) is 25.2 Å². The molecule has 0 aliphatic heterocycles. The summed E-state index contributed by atoms with van der Waals surface area (Å²) in [6.45, 7) is 4.48. The summed E-state index contributed by atoms with van der Waals surface area (Å²) in [5.74, 6) is 1.33. The molecule has 1 amide bonds. The highest BCUT2D eigenvalue weighted by molar-refractivity contribution is 5.85. The molecule has 1 aromatic rings. The highest BCUT2D eigenvalue weighted by Crippen LogP contribution is 2.31. The van der Waals surface area contributed by atoms with Crippen LogP contribution in [0.1, 0.15) is 33.1 Å².